The first-order valence-corrected chi connectivity index (χ1v) is 8.13. The summed E-state index contributed by atoms with van der Waals surface area (Å²) in [4.78, 5) is 12.1. The van der Waals surface area contributed by atoms with Crippen LogP contribution in [0.2, 0.25) is 0 Å². The second kappa shape index (κ2) is 8.29. The van der Waals surface area contributed by atoms with Crippen molar-refractivity contribution in [2.24, 2.45) is 0 Å². The van der Waals surface area contributed by atoms with Crippen LogP contribution in [0.4, 0.5) is 0 Å². The van der Waals surface area contributed by atoms with Crippen LogP contribution in [-0.4, -0.2) is 38.7 Å². The summed E-state index contributed by atoms with van der Waals surface area (Å²) >= 11 is 0. The van der Waals surface area contributed by atoms with Crippen molar-refractivity contribution in [3.63, 3.8) is 0 Å². The highest BCUT2D eigenvalue weighted by Crippen LogP contribution is 2.52. The molecule has 0 radical (unpaired) electrons. The molecule has 6 nitrogen and oxygen atoms in total. The molecule has 0 fully saturated rings. The Morgan fingerprint density at radius 2 is 1.71 bits per heavy atom. The maximum atomic E-state index is 12.4. The van der Waals surface area contributed by atoms with Gasteiger partial charge >= 0.3 is 13.6 Å². The van der Waals surface area contributed by atoms with Crippen molar-refractivity contribution in [2.75, 3.05) is 20.8 Å². The van der Waals surface area contributed by atoms with Gasteiger partial charge in [-0.25, -0.2) is 4.79 Å². The van der Waals surface area contributed by atoms with E-state index in [-0.39, 0.29) is 12.7 Å². The van der Waals surface area contributed by atoms with Gasteiger partial charge in [0.1, 0.15) is 0 Å². The average molecular weight is 316 g/mol. The Bertz CT molecular complexity index is 479. The van der Waals surface area contributed by atoms with Gasteiger partial charge in [0.2, 0.25) is 5.85 Å². The highest BCUT2D eigenvalue weighted by atomic mass is 31.2. The number of esters is 1. The van der Waals surface area contributed by atoms with E-state index in [9.17, 15) is 9.36 Å². The second-order valence-corrected chi connectivity index (χ2v) is 6.90. The predicted octanol–water partition coefficient (Wildman–Crippen LogP) is 3.08. The minimum absolute atomic E-state index is 0.0742. The number of benzene rings is 1. The number of carbonyl (C=O) groups excluding carboxylic acids is 1. The van der Waals surface area contributed by atoms with Gasteiger partial charge in [-0.1, -0.05) is 18.2 Å². The molecule has 21 heavy (non-hydrogen) atoms. The molecular formula is C14H21O6P. The summed E-state index contributed by atoms with van der Waals surface area (Å²) in [6.07, 6.45) is -0.106. The van der Waals surface area contributed by atoms with E-state index in [2.05, 4.69) is 0 Å². The molecule has 0 aromatic heterocycles. The number of carbonyl (C=O) groups is 1. The number of ether oxygens (including phenoxy) is 2. The lowest BCUT2D eigenvalue weighted by Gasteiger charge is -2.24. The molecule has 0 aliphatic rings. The van der Waals surface area contributed by atoms with Gasteiger partial charge in [0, 0.05) is 14.2 Å². The minimum atomic E-state index is -3.59. The summed E-state index contributed by atoms with van der Waals surface area (Å²) in [5, 5.41) is 0. The van der Waals surface area contributed by atoms with Gasteiger partial charge in [0.15, 0.2) is 0 Å². The standard InChI is InChI=1S/C14H21O6P/c1-11(2)19-10-13(21(16,17-3)18-4)20-14(15)12-8-6-5-7-9-12/h5-9,11,13H,10H2,1-4H3. The Morgan fingerprint density at radius 1 is 1.14 bits per heavy atom. The molecule has 1 aromatic carbocycles. The van der Waals surface area contributed by atoms with Crippen LogP contribution >= 0.6 is 7.60 Å². The zero-order chi connectivity index (χ0) is 15.9. The Balaban J connectivity index is 2.86. The van der Waals surface area contributed by atoms with Gasteiger partial charge in [0.05, 0.1) is 18.3 Å². The molecule has 7 heteroatoms. The molecule has 1 atom stereocenters. The summed E-state index contributed by atoms with van der Waals surface area (Å²) in [6.45, 7) is 3.57. The normalized spacial score (nSPS) is 13.2. The van der Waals surface area contributed by atoms with E-state index in [1.807, 2.05) is 13.8 Å². The molecule has 1 rings (SSSR count). The summed E-state index contributed by atoms with van der Waals surface area (Å²) in [5.41, 5.74) is 0.353. The van der Waals surface area contributed by atoms with Crippen LogP contribution in [0.3, 0.4) is 0 Å². The highest BCUT2D eigenvalue weighted by Gasteiger charge is 2.38. The summed E-state index contributed by atoms with van der Waals surface area (Å²) < 4.78 is 32.9. The molecule has 0 saturated carbocycles. The topological polar surface area (TPSA) is 71.1 Å². The predicted molar refractivity (Wildman–Crippen MR) is 78.4 cm³/mol. The van der Waals surface area contributed by atoms with Crippen molar-refractivity contribution in [3.05, 3.63) is 35.9 Å². The Labute approximate surface area is 124 Å². The van der Waals surface area contributed by atoms with Crippen molar-refractivity contribution in [2.45, 2.75) is 25.8 Å². The van der Waals surface area contributed by atoms with Crippen molar-refractivity contribution >= 4 is 13.6 Å². The third-order valence-electron chi connectivity index (χ3n) is 2.69. The van der Waals surface area contributed by atoms with Crippen LogP contribution < -0.4 is 0 Å². The number of rotatable bonds is 8. The number of hydrogen-bond donors (Lipinski definition) is 0. The second-order valence-electron chi connectivity index (χ2n) is 4.51. The summed E-state index contributed by atoms with van der Waals surface area (Å²) in [5.74, 6) is -1.73. The first kappa shape index (κ1) is 17.9. The van der Waals surface area contributed by atoms with Gasteiger partial charge in [-0.15, -0.1) is 0 Å². The van der Waals surface area contributed by atoms with Gasteiger partial charge in [-0.3, -0.25) is 4.57 Å². The third-order valence-corrected chi connectivity index (χ3v) is 4.66. The van der Waals surface area contributed by atoms with Crippen molar-refractivity contribution in [1.29, 1.82) is 0 Å². The van der Waals surface area contributed by atoms with E-state index in [1.54, 1.807) is 30.3 Å². The van der Waals surface area contributed by atoms with E-state index >= 15 is 0 Å². The molecule has 0 amide bonds. The maximum Gasteiger partial charge on any atom is 0.372 e. The zero-order valence-electron chi connectivity index (χ0n) is 12.6. The lowest BCUT2D eigenvalue weighted by atomic mass is 10.2. The van der Waals surface area contributed by atoms with Crippen molar-refractivity contribution < 1.29 is 27.9 Å². The fourth-order valence-electron chi connectivity index (χ4n) is 1.54. The molecule has 0 aliphatic heterocycles. The van der Waals surface area contributed by atoms with Crippen LogP contribution in [-0.2, 0) is 23.1 Å². The average Bonchev–Trinajstić information content (AvgIpc) is 2.51. The Morgan fingerprint density at radius 3 is 2.19 bits per heavy atom. The molecule has 0 N–H and O–H groups in total. The Hall–Kier alpha value is -1.20. The lowest BCUT2D eigenvalue weighted by Crippen LogP contribution is -2.26. The highest BCUT2D eigenvalue weighted by molar-refractivity contribution is 7.54. The van der Waals surface area contributed by atoms with Crippen LogP contribution in [0.15, 0.2) is 30.3 Å². The van der Waals surface area contributed by atoms with E-state index in [1.165, 1.54) is 14.2 Å². The first-order chi connectivity index (χ1) is 9.92. The summed E-state index contributed by atoms with van der Waals surface area (Å²) in [7, 11) is -1.11. The van der Waals surface area contributed by atoms with Gasteiger partial charge in [0.25, 0.3) is 0 Å². The largest absolute Gasteiger partial charge is 0.443 e. The van der Waals surface area contributed by atoms with E-state index in [0.29, 0.717) is 5.56 Å². The zero-order valence-corrected chi connectivity index (χ0v) is 13.5. The summed E-state index contributed by atoms with van der Waals surface area (Å²) in [6, 6.07) is 8.41. The molecule has 0 saturated heterocycles. The quantitative estimate of drug-likeness (QED) is 0.542. The SMILES string of the molecule is COP(=O)(OC)C(COC(C)C)OC(=O)c1ccccc1. The lowest BCUT2D eigenvalue weighted by molar-refractivity contribution is -0.00396. The van der Waals surface area contributed by atoms with Gasteiger partial charge in [-0.05, 0) is 26.0 Å². The molecule has 1 unspecified atom stereocenters. The molecule has 1 aromatic rings. The number of hydrogen-bond acceptors (Lipinski definition) is 6. The van der Waals surface area contributed by atoms with Crippen LogP contribution in [0.5, 0.6) is 0 Å². The molecular weight excluding hydrogens is 295 g/mol. The third kappa shape index (κ3) is 5.25. The van der Waals surface area contributed by atoms with E-state index in [4.69, 9.17) is 18.5 Å². The maximum absolute atomic E-state index is 12.4. The van der Waals surface area contributed by atoms with Crippen molar-refractivity contribution in [3.8, 4) is 0 Å². The molecule has 0 bridgehead atoms. The fourth-order valence-corrected chi connectivity index (χ4v) is 2.65. The molecule has 118 valence electrons. The molecule has 0 heterocycles. The first-order valence-electron chi connectivity index (χ1n) is 6.51. The van der Waals surface area contributed by atoms with Crippen molar-refractivity contribution in [1.82, 2.24) is 0 Å². The van der Waals surface area contributed by atoms with Crippen LogP contribution in [0.1, 0.15) is 24.2 Å². The van der Waals surface area contributed by atoms with Gasteiger partial charge in [-0.2, -0.15) is 0 Å². The van der Waals surface area contributed by atoms with E-state index < -0.39 is 19.4 Å². The van der Waals surface area contributed by atoms with Crippen LogP contribution in [0.25, 0.3) is 0 Å². The monoisotopic (exact) mass is 316 g/mol. The Kier molecular flexibility index (Phi) is 7.05. The van der Waals surface area contributed by atoms with Crippen LogP contribution in [0, 0.1) is 0 Å². The fraction of sp³-hybridized carbons (Fsp3) is 0.500. The molecule has 0 aliphatic carbocycles. The molecule has 0 spiro atoms. The van der Waals surface area contributed by atoms with E-state index in [0.717, 1.165) is 0 Å². The van der Waals surface area contributed by atoms with Gasteiger partial charge < -0.3 is 18.5 Å². The smallest absolute Gasteiger partial charge is 0.372 e. The minimum Gasteiger partial charge on any atom is -0.443 e.